The number of halogens is 1. The first-order valence-electron chi connectivity index (χ1n) is 5.60. The third kappa shape index (κ3) is 2.07. The standard InChI is InChI=1S/C14H11ClN2S/c1-16-11-5-2-9(3-6-11)12-8-10-4-7-13(15)17-14(10)18-12/h2-8,16H,1H3. The summed E-state index contributed by atoms with van der Waals surface area (Å²) in [7, 11) is 1.92. The van der Waals surface area contributed by atoms with E-state index in [-0.39, 0.29) is 0 Å². The Balaban J connectivity index is 2.07. The highest BCUT2D eigenvalue weighted by Gasteiger charge is 2.05. The molecule has 0 unspecified atom stereocenters. The number of anilines is 1. The van der Waals surface area contributed by atoms with Gasteiger partial charge in [0, 0.05) is 23.0 Å². The summed E-state index contributed by atoms with van der Waals surface area (Å²) in [6.07, 6.45) is 0. The van der Waals surface area contributed by atoms with E-state index in [4.69, 9.17) is 11.6 Å². The maximum atomic E-state index is 5.90. The molecule has 0 aliphatic carbocycles. The number of aromatic nitrogens is 1. The molecule has 18 heavy (non-hydrogen) atoms. The molecule has 0 atom stereocenters. The minimum absolute atomic E-state index is 0.543. The third-order valence-corrected chi connectivity index (χ3v) is 4.11. The first-order chi connectivity index (χ1) is 8.76. The summed E-state index contributed by atoms with van der Waals surface area (Å²) >= 11 is 7.56. The highest BCUT2D eigenvalue weighted by Crippen LogP contribution is 2.33. The molecule has 90 valence electrons. The molecule has 1 N–H and O–H groups in total. The van der Waals surface area contributed by atoms with Crippen LogP contribution in [0, 0.1) is 0 Å². The second-order valence-electron chi connectivity index (χ2n) is 3.97. The number of rotatable bonds is 2. The number of hydrogen-bond donors (Lipinski definition) is 1. The summed E-state index contributed by atoms with van der Waals surface area (Å²) in [6.45, 7) is 0. The van der Waals surface area contributed by atoms with Gasteiger partial charge in [0.2, 0.25) is 0 Å². The Labute approximate surface area is 114 Å². The zero-order valence-corrected chi connectivity index (χ0v) is 11.3. The maximum absolute atomic E-state index is 5.90. The van der Waals surface area contributed by atoms with Gasteiger partial charge in [0.15, 0.2) is 0 Å². The summed E-state index contributed by atoms with van der Waals surface area (Å²) in [4.78, 5) is 6.52. The van der Waals surface area contributed by atoms with Gasteiger partial charge in [-0.15, -0.1) is 11.3 Å². The van der Waals surface area contributed by atoms with Crippen molar-refractivity contribution in [2.24, 2.45) is 0 Å². The van der Waals surface area contributed by atoms with Crippen molar-refractivity contribution >= 4 is 38.8 Å². The molecular formula is C14H11ClN2S. The lowest BCUT2D eigenvalue weighted by Crippen LogP contribution is -1.86. The summed E-state index contributed by atoms with van der Waals surface area (Å²) in [5, 5.41) is 4.79. The van der Waals surface area contributed by atoms with Crippen LogP contribution in [0.1, 0.15) is 0 Å². The average Bonchev–Trinajstić information content (AvgIpc) is 2.81. The third-order valence-electron chi connectivity index (χ3n) is 2.81. The van der Waals surface area contributed by atoms with Crippen LogP contribution in [0.5, 0.6) is 0 Å². The van der Waals surface area contributed by atoms with E-state index in [1.807, 2.05) is 19.2 Å². The number of nitrogens with one attached hydrogen (secondary N) is 1. The molecule has 0 bridgehead atoms. The van der Waals surface area contributed by atoms with Crippen LogP contribution in [-0.2, 0) is 0 Å². The van der Waals surface area contributed by atoms with Crippen LogP contribution in [-0.4, -0.2) is 12.0 Å². The van der Waals surface area contributed by atoms with Gasteiger partial charge >= 0.3 is 0 Å². The Morgan fingerprint density at radius 3 is 2.61 bits per heavy atom. The number of nitrogens with zero attached hydrogens (tertiary/aromatic N) is 1. The molecule has 0 saturated carbocycles. The molecule has 2 nitrogen and oxygen atoms in total. The Bertz CT molecular complexity index is 689. The molecule has 0 fully saturated rings. The quantitative estimate of drug-likeness (QED) is 0.688. The number of thiophene rings is 1. The van der Waals surface area contributed by atoms with E-state index >= 15 is 0 Å². The monoisotopic (exact) mass is 274 g/mol. The van der Waals surface area contributed by atoms with Crippen LogP contribution in [0.4, 0.5) is 5.69 Å². The van der Waals surface area contributed by atoms with Gasteiger partial charge in [-0.2, -0.15) is 0 Å². The normalized spacial score (nSPS) is 10.8. The van der Waals surface area contributed by atoms with E-state index < -0.39 is 0 Å². The maximum Gasteiger partial charge on any atom is 0.130 e. The average molecular weight is 275 g/mol. The van der Waals surface area contributed by atoms with Crippen molar-refractivity contribution in [3.05, 3.63) is 47.6 Å². The van der Waals surface area contributed by atoms with Crippen LogP contribution >= 0.6 is 22.9 Å². The van der Waals surface area contributed by atoms with Gasteiger partial charge in [0.05, 0.1) is 0 Å². The Morgan fingerprint density at radius 2 is 1.89 bits per heavy atom. The molecule has 0 spiro atoms. The van der Waals surface area contributed by atoms with Crippen LogP contribution in [0.3, 0.4) is 0 Å². The van der Waals surface area contributed by atoms with Gasteiger partial charge in [-0.3, -0.25) is 0 Å². The first kappa shape index (κ1) is 11.5. The topological polar surface area (TPSA) is 24.9 Å². The Morgan fingerprint density at radius 1 is 1.11 bits per heavy atom. The van der Waals surface area contributed by atoms with Crippen molar-refractivity contribution < 1.29 is 0 Å². The number of hydrogen-bond acceptors (Lipinski definition) is 3. The molecule has 4 heteroatoms. The van der Waals surface area contributed by atoms with Gasteiger partial charge in [-0.05, 0) is 35.9 Å². The molecule has 2 heterocycles. The molecule has 0 amide bonds. The molecule has 2 aromatic heterocycles. The fourth-order valence-electron chi connectivity index (χ4n) is 1.84. The fraction of sp³-hybridized carbons (Fsp3) is 0.0714. The van der Waals surface area contributed by atoms with E-state index in [2.05, 4.69) is 40.6 Å². The van der Waals surface area contributed by atoms with E-state index in [0.29, 0.717) is 5.15 Å². The second kappa shape index (κ2) is 4.59. The predicted molar refractivity (Wildman–Crippen MR) is 79.6 cm³/mol. The number of pyridine rings is 1. The van der Waals surface area contributed by atoms with Crippen molar-refractivity contribution in [1.29, 1.82) is 0 Å². The van der Waals surface area contributed by atoms with E-state index in [1.54, 1.807) is 11.3 Å². The molecule has 1 aromatic carbocycles. The SMILES string of the molecule is CNc1ccc(-c2cc3ccc(Cl)nc3s2)cc1. The van der Waals surface area contributed by atoms with Crippen molar-refractivity contribution in [3.63, 3.8) is 0 Å². The van der Waals surface area contributed by atoms with Gasteiger partial charge in [-0.1, -0.05) is 23.7 Å². The molecule has 0 aliphatic heterocycles. The zero-order chi connectivity index (χ0) is 12.5. The Kier molecular flexibility index (Phi) is 2.94. The van der Waals surface area contributed by atoms with Gasteiger partial charge in [0.25, 0.3) is 0 Å². The van der Waals surface area contributed by atoms with Crippen LogP contribution in [0.25, 0.3) is 20.7 Å². The highest BCUT2D eigenvalue weighted by molar-refractivity contribution is 7.21. The Hall–Kier alpha value is -1.58. The lowest BCUT2D eigenvalue weighted by Gasteiger charge is -2.00. The van der Waals surface area contributed by atoms with Crippen molar-refractivity contribution in [1.82, 2.24) is 4.98 Å². The smallest absolute Gasteiger partial charge is 0.130 e. The molecule has 3 rings (SSSR count). The van der Waals surface area contributed by atoms with E-state index in [1.165, 1.54) is 10.4 Å². The summed E-state index contributed by atoms with van der Waals surface area (Å²) < 4.78 is 0. The minimum atomic E-state index is 0.543. The van der Waals surface area contributed by atoms with Gasteiger partial charge < -0.3 is 5.32 Å². The van der Waals surface area contributed by atoms with Crippen LogP contribution < -0.4 is 5.32 Å². The van der Waals surface area contributed by atoms with E-state index in [9.17, 15) is 0 Å². The van der Waals surface area contributed by atoms with Crippen molar-refractivity contribution in [2.75, 3.05) is 12.4 Å². The number of fused-ring (bicyclic) bond motifs is 1. The molecule has 0 saturated heterocycles. The summed E-state index contributed by atoms with van der Waals surface area (Å²) in [5.74, 6) is 0. The van der Waals surface area contributed by atoms with Crippen LogP contribution in [0.15, 0.2) is 42.5 Å². The van der Waals surface area contributed by atoms with Crippen LogP contribution in [0.2, 0.25) is 5.15 Å². The van der Waals surface area contributed by atoms with E-state index in [0.717, 1.165) is 15.9 Å². The zero-order valence-electron chi connectivity index (χ0n) is 9.77. The molecule has 3 aromatic rings. The minimum Gasteiger partial charge on any atom is -0.388 e. The molecule has 0 aliphatic rings. The van der Waals surface area contributed by atoms with Crippen molar-refractivity contribution in [2.45, 2.75) is 0 Å². The lowest BCUT2D eigenvalue weighted by atomic mass is 10.1. The molecular weight excluding hydrogens is 264 g/mol. The first-order valence-corrected chi connectivity index (χ1v) is 6.80. The summed E-state index contributed by atoms with van der Waals surface area (Å²) in [5.41, 5.74) is 2.31. The predicted octanol–water partition coefficient (Wildman–Crippen LogP) is 4.66. The number of benzene rings is 1. The second-order valence-corrected chi connectivity index (χ2v) is 5.38. The van der Waals surface area contributed by atoms with Crippen molar-refractivity contribution in [3.8, 4) is 10.4 Å². The molecule has 0 radical (unpaired) electrons. The largest absolute Gasteiger partial charge is 0.388 e. The lowest BCUT2D eigenvalue weighted by molar-refractivity contribution is 1.44. The van der Waals surface area contributed by atoms with Gasteiger partial charge in [0.1, 0.15) is 9.98 Å². The van der Waals surface area contributed by atoms with Gasteiger partial charge in [-0.25, -0.2) is 4.98 Å². The fourth-order valence-corrected chi connectivity index (χ4v) is 3.07. The highest BCUT2D eigenvalue weighted by atomic mass is 35.5. The summed E-state index contributed by atoms with van der Waals surface area (Å²) in [6, 6.07) is 14.3.